The molecule has 0 unspecified atom stereocenters. The van der Waals surface area contributed by atoms with Gasteiger partial charge in [-0.2, -0.15) is 0 Å². The van der Waals surface area contributed by atoms with Crippen molar-refractivity contribution in [3.8, 4) is 0 Å². The molecule has 1 aliphatic heterocycles. The summed E-state index contributed by atoms with van der Waals surface area (Å²) in [4.78, 5) is 15.8. The maximum Gasteiger partial charge on any atom is 0.335 e. The maximum absolute atomic E-state index is 10.9. The molecule has 110 valence electrons. The van der Waals surface area contributed by atoms with Gasteiger partial charge in [0.2, 0.25) is 0 Å². The van der Waals surface area contributed by atoms with Crippen LogP contribution in [0.3, 0.4) is 0 Å². The van der Waals surface area contributed by atoms with Gasteiger partial charge in [0, 0.05) is 37.2 Å². The Balaban J connectivity index is 1.93. The molecule has 1 aromatic rings. The predicted octanol–water partition coefficient (Wildman–Crippen LogP) is 2.67. The number of piperazine rings is 1. The quantitative estimate of drug-likeness (QED) is 0.894. The molecular weight excluding hydrogens is 320 g/mol. The third kappa shape index (κ3) is 4.04. The fourth-order valence-corrected chi connectivity index (χ4v) is 3.04. The number of carbonyl (C=O) groups is 1. The van der Waals surface area contributed by atoms with Gasteiger partial charge in [-0.1, -0.05) is 28.9 Å². The number of hydrogen-bond acceptors (Lipinski definition) is 3. The first-order chi connectivity index (χ1) is 9.60. The summed E-state index contributed by atoms with van der Waals surface area (Å²) < 4.78 is 0.883. The lowest BCUT2D eigenvalue weighted by molar-refractivity contribution is 0.0696. The van der Waals surface area contributed by atoms with Gasteiger partial charge in [-0.25, -0.2) is 4.79 Å². The van der Waals surface area contributed by atoms with Crippen LogP contribution in [-0.4, -0.2) is 53.6 Å². The molecule has 0 saturated carbocycles. The predicted molar refractivity (Wildman–Crippen MR) is 83.1 cm³/mol. The van der Waals surface area contributed by atoms with Crippen molar-refractivity contribution in [2.24, 2.45) is 0 Å². The van der Waals surface area contributed by atoms with Crippen molar-refractivity contribution in [3.63, 3.8) is 0 Å². The number of carboxylic acids is 1. The summed E-state index contributed by atoms with van der Waals surface area (Å²) in [6.07, 6.45) is 1.21. The molecule has 0 bridgehead atoms. The Morgan fingerprint density at radius 3 is 2.45 bits per heavy atom. The van der Waals surface area contributed by atoms with Gasteiger partial charge in [-0.05, 0) is 30.7 Å². The van der Waals surface area contributed by atoms with Crippen LogP contribution in [0.1, 0.15) is 29.3 Å². The van der Waals surface area contributed by atoms with Crippen molar-refractivity contribution in [2.75, 3.05) is 32.7 Å². The smallest absolute Gasteiger partial charge is 0.335 e. The SMILES string of the molecule is CCCN1CCN(Cc2ccc(C(=O)O)cc2Br)CC1. The minimum Gasteiger partial charge on any atom is -0.478 e. The van der Waals surface area contributed by atoms with Crippen molar-refractivity contribution in [1.29, 1.82) is 0 Å². The van der Waals surface area contributed by atoms with E-state index in [2.05, 4.69) is 32.7 Å². The van der Waals surface area contributed by atoms with Gasteiger partial charge in [0.1, 0.15) is 0 Å². The van der Waals surface area contributed by atoms with Crippen LogP contribution in [0.25, 0.3) is 0 Å². The summed E-state index contributed by atoms with van der Waals surface area (Å²) >= 11 is 3.48. The molecule has 20 heavy (non-hydrogen) atoms. The van der Waals surface area contributed by atoms with Gasteiger partial charge in [0.05, 0.1) is 5.56 Å². The van der Waals surface area contributed by atoms with E-state index in [0.717, 1.165) is 42.8 Å². The zero-order valence-electron chi connectivity index (χ0n) is 11.8. The van der Waals surface area contributed by atoms with Crippen LogP contribution in [0.2, 0.25) is 0 Å². The van der Waals surface area contributed by atoms with E-state index in [-0.39, 0.29) is 0 Å². The first-order valence-corrected chi connectivity index (χ1v) is 7.86. The molecule has 0 atom stereocenters. The number of aromatic carboxylic acids is 1. The van der Waals surface area contributed by atoms with Crippen LogP contribution in [0.4, 0.5) is 0 Å². The summed E-state index contributed by atoms with van der Waals surface area (Å²) in [7, 11) is 0. The highest BCUT2D eigenvalue weighted by Crippen LogP contribution is 2.21. The number of halogens is 1. The molecule has 1 saturated heterocycles. The first-order valence-electron chi connectivity index (χ1n) is 7.06. The van der Waals surface area contributed by atoms with Crippen LogP contribution >= 0.6 is 15.9 Å². The van der Waals surface area contributed by atoms with E-state index in [4.69, 9.17) is 5.11 Å². The molecule has 0 aromatic heterocycles. The van der Waals surface area contributed by atoms with E-state index in [1.807, 2.05) is 6.07 Å². The van der Waals surface area contributed by atoms with E-state index in [0.29, 0.717) is 5.56 Å². The summed E-state index contributed by atoms with van der Waals surface area (Å²) in [5, 5.41) is 8.96. The van der Waals surface area contributed by atoms with E-state index >= 15 is 0 Å². The minimum absolute atomic E-state index is 0.327. The first kappa shape index (κ1) is 15.5. The second kappa shape index (κ2) is 7.20. The van der Waals surface area contributed by atoms with E-state index in [1.54, 1.807) is 12.1 Å². The van der Waals surface area contributed by atoms with E-state index in [9.17, 15) is 4.79 Å². The largest absolute Gasteiger partial charge is 0.478 e. The zero-order chi connectivity index (χ0) is 14.5. The zero-order valence-corrected chi connectivity index (χ0v) is 13.4. The number of rotatable bonds is 5. The Labute approximate surface area is 128 Å². The highest BCUT2D eigenvalue weighted by molar-refractivity contribution is 9.10. The second-order valence-electron chi connectivity index (χ2n) is 5.23. The third-order valence-electron chi connectivity index (χ3n) is 3.70. The molecule has 0 spiro atoms. The number of hydrogen-bond donors (Lipinski definition) is 1. The van der Waals surface area contributed by atoms with Crippen molar-refractivity contribution in [3.05, 3.63) is 33.8 Å². The standard InChI is InChI=1S/C15H21BrN2O2/c1-2-5-17-6-8-18(9-7-17)11-13-4-3-12(15(19)20)10-14(13)16/h3-4,10H,2,5-9,11H2,1H3,(H,19,20). The Bertz CT molecular complexity index is 471. The van der Waals surface area contributed by atoms with Crippen LogP contribution in [0.15, 0.2) is 22.7 Å². The molecule has 5 heteroatoms. The van der Waals surface area contributed by atoms with Gasteiger partial charge < -0.3 is 10.0 Å². The second-order valence-corrected chi connectivity index (χ2v) is 6.08. The third-order valence-corrected chi connectivity index (χ3v) is 4.44. The monoisotopic (exact) mass is 340 g/mol. The molecule has 0 amide bonds. The van der Waals surface area contributed by atoms with Crippen LogP contribution in [0.5, 0.6) is 0 Å². The number of benzene rings is 1. The van der Waals surface area contributed by atoms with Crippen molar-refractivity contribution >= 4 is 21.9 Å². The summed E-state index contributed by atoms with van der Waals surface area (Å²) in [5.41, 5.74) is 1.48. The van der Waals surface area contributed by atoms with Crippen molar-refractivity contribution in [2.45, 2.75) is 19.9 Å². The van der Waals surface area contributed by atoms with Gasteiger partial charge in [-0.3, -0.25) is 4.90 Å². The van der Waals surface area contributed by atoms with Crippen LogP contribution < -0.4 is 0 Å². The summed E-state index contributed by atoms with van der Waals surface area (Å²) in [5.74, 6) is -0.884. The molecule has 0 aliphatic carbocycles. The minimum atomic E-state index is -0.884. The topological polar surface area (TPSA) is 43.8 Å². The molecule has 0 radical (unpaired) electrons. The fraction of sp³-hybridized carbons (Fsp3) is 0.533. The molecular formula is C15H21BrN2O2. The van der Waals surface area contributed by atoms with Crippen LogP contribution in [-0.2, 0) is 6.54 Å². The number of carboxylic acid groups (broad SMARTS) is 1. The van der Waals surface area contributed by atoms with Gasteiger partial charge in [0.25, 0.3) is 0 Å². The van der Waals surface area contributed by atoms with Gasteiger partial charge in [0.15, 0.2) is 0 Å². The summed E-state index contributed by atoms with van der Waals surface area (Å²) in [6.45, 7) is 8.68. The highest BCUT2D eigenvalue weighted by Gasteiger charge is 2.17. The summed E-state index contributed by atoms with van der Waals surface area (Å²) in [6, 6.07) is 5.27. The Morgan fingerprint density at radius 2 is 1.90 bits per heavy atom. The Kier molecular flexibility index (Phi) is 5.57. The lowest BCUT2D eigenvalue weighted by atomic mass is 10.1. The highest BCUT2D eigenvalue weighted by atomic mass is 79.9. The van der Waals surface area contributed by atoms with Gasteiger partial charge in [-0.15, -0.1) is 0 Å². The Hall–Kier alpha value is -0.910. The van der Waals surface area contributed by atoms with E-state index < -0.39 is 5.97 Å². The molecule has 1 N–H and O–H groups in total. The lowest BCUT2D eigenvalue weighted by Crippen LogP contribution is -2.46. The normalized spacial score (nSPS) is 17.3. The average Bonchev–Trinajstić information content (AvgIpc) is 2.43. The molecule has 1 aliphatic rings. The van der Waals surface area contributed by atoms with Crippen molar-refractivity contribution in [1.82, 2.24) is 9.80 Å². The molecule has 1 fully saturated rings. The lowest BCUT2D eigenvalue weighted by Gasteiger charge is -2.34. The fourth-order valence-electron chi connectivity index (χ4n) is 2.54. The van der Waals surface area contributed by atoms with E-state index in [1.165, 1.54) is 13.0 Å². The van der Waals surface area contributed by atoms with Gasteiger partial charge >= 0.3 is 5.97 Å². The molecule has 2 rings (SSSR count). The average molecular weight is 341 g/mol. The Morgan fingerprint density at radius 1 is 1.25 bits per heavy atom. The van der Waals surface area contributed by atoms with Crippen LogP contribution in [0, 0.1) is 0 Å². The molecule has 1 aromatic carbocycles. The number of nitrogens with zero attached hydrogens (tertiary/aromatic N) is 2. The van der Waals surface area contributed by atoms with Crippen molar-refractivity contribution < 1.29 is 9.90 Å². The molecule has 1 heterocycles. The maximum atomic E-state index is 10.9. The molecule has 4 nitrogen and oxygen atoms in total.